The first-order valence-corrected chi connectivity index (χ1v) is 6.70. The maximum absolute atomic E-state index is 9.14. The maximum Gasteiger partial charge on any atom is 0.161 e. The monoisotopic (exact) mass is 317 g/mol. The average Bonchev–Trinajstić information content (AvgIpc) is 2.40. The highest BCUT2D eigenvalue weighted by Gasteiger charge is 2.11. The molecule has 0 saturated heterocycles. The van der Waals surface area contributed by atoms with Crippen LogP contribution >= 0.6 is 15.9 Å². The largest absolute Gasteiger partial charge is 0.493 e. The smallest absolute Gasteiger partial charge is 0.161 e. The lowest BCUT2D eigenvalue weighted by Gasteiger charge is -2.16. The minimum atomic E-state index is 0.116. The van der Waals surface area contributed by atoms with Crippen LogP contribution in [-0.2, 0) is 6.54 Å². The summed E-state index contributed by atoms with van der Waals surface area (Å²) in [6.07, 6.45) is 0.890. The van der Waals surface area contributed by atoms with E-state index in [-0.39, 0.29) is 12.6 Å². The molecule has 0 aliphatic carbocycles. The molecule has 2 N–H and O–H groups in total. The summed E-state index contributed by atoms with van der Waals surface area (Å²) in [6, 6.07) is 3.93. The van der Waals surface area contributed by atoms with Crippen LogP contribution in [0.5, 0.6) is 11.5 Å². The molecule has 18 heavy (non-hydrogen) atoms. The van der Waals surface area contributed by atoms with Gasteiger partial charge in [-0.3, -0.25) is 0 Å². The van der Waals surface area contributed by atoms with Gasteiger partial charge in [-0.1, -0.05) is 22.9 Å². The predicted octanol–water partition coefficient (Wildman–Crippen LogP) is 2.33. The van der Waals surface area contributed by atoms with Crippen molar-refractivity contribution in [3.05, 3.63) is 22.2 Å². The molecular formula is C13H20BrNO3. The normalized spacial score (nSPS) is 12.3. The lowest BCUT2D eigenvalue weighted by molar-refractivity contribution is 0.238. The van der Waals surface area contributed by atoms with Crippen molar-refractivity contribution in [3.63, 3.8) is 0 Å². The van der Waals surface area contributed by atoms with Crippen molar-refractivity contribution < 1.29 is 14.6 Å². The van der Waals surface area contributed by atoms with E-state index in [9.17, 15) is 0 Å². The first kappa shape index (κ1) is 15.3. The second-order valence-corrected chi connectivity index (χ2v) is 4.82. The van der Waals surface area contributed by atoms with Crippen LogP contribution in [0.25, 0.3) is 0 Å². The number of ether oxygens (including phenoxy) is 2. The van der Waals surface area contributed by atoms with Crippen molar-refractivity contribution in [1.82, 2.24) is 5.32 Å². The van der Waals surface area contributed by atoms with Gasteiger partial charge in [-0.05, 0) is 24.1 Å². The Bertz CT molecular complexity index is 381. The second kappa shape index (κ2) is 7.61. The molecule has 0 aliphatic rings. The molecule has 4 nitrogen and oxygen atoms in total. The first-order chi connectivity index (χ1) is 8.65. The number of hydrogen-bond donors (Lipinski definition) is 2. The molecule has 1 atom stereocenters. The number of aliphatic hydroxyl groups is 1. The molecule has 0 spiro atoms. The highest BCUT2D eigenvalue weighted by atomic mass is 79.9. The standard InChI is InChI=1S/C13H20BrNO3/c1-4-10(8-16)15-7-9-5-12(17-2)13(18-3)6-11(9)14/h5-6,10,15-16H,4,7-8H2,1-3H3/t10-/m0/s1. The van der Waals surface area contributed by atoms with Gasteiger partial charge in [0.15, 0.2) is 11.5 Å². The highest BCUT2D eigenvalue weighted by Crippen LogP contribution is 2.33. The van der Waals surface area contributed by atoms with Gasteiger partial charge in [-0.15, -0.1) is 0 Å². The van der Waals surface area contributed by atoms with E-state index in [1.165, 1.54) is 0 Å². The Morgan fingerprint density at radius 2 is 1.89 bits per heavy atom. The van der Waals surface area contributed by atoms with Crippen LogP contribution in [0.1, 0.15) is 18.9 Å². The van der Waals surface area contributed by atoms with E-state index in [1.807, 2.05) is 19.1 Å². The molecular weight excluding hydrogens is 298 g/mol. The summed E-state index contributed by atoms with van der Waals surface area (Å²) in [5.41, 5.74) is 1.07. The molecule has 0 unspecified atom stereocenters. The summed E-state index contributed by atoms with van der Waals surface area (Å²) in [5.74, 6) is 1.40. The van der Waals surface area contributed by atoms with Gasteiger partial charge in [0.25, 0.3) is 0 Å². The molecule has 1 aromatic rings. The molecule has 0 heterocycles. The molecule has 0 bridgehead atoms. The molecule has 5 heteroatoms. The van der Waals surface area contributed by atoms with Crippen LogP contribution in [0.2, 0.25) is 0 Å². The minimum absolute atomic E-state index is 0.116. The SMILES string of the molecule is CC[C@@H](CO)NCc1cc(OC)c(OC)cc1Br. The Kier molecular flexibility index (Phi) is 6.46. The number of aliphatic hydroxyl groups excluding tert-OH is 1. The Morgan fingerprint density at radius 1 is 1.28 bits per heavy atom. The van der Waals surface area contributed by atoms with Crippen LogP contribution < -0.4 is 14.8 Å². The van der Waals surface area contributed by atoms with Gasteiger partial charge >= 0.3 is 0 Å². The van der Waals surface area contributed by atoms with Crippen LogP contribution in [-0.4, -0.2) is 32.0 Å². The molecule has 0 fully saturated rings. The fourth-order valence-electron chi connectivity index (χ4n) is 1.62. The summed E-state index contributed by atoms with van der Waals surface area (Å²) in [4.78, 5) is 0. The fourth-order valence-corrected chi connectivity index (χ4v) is 2.09. The van der Waals surface area contributed by atoms with Crippen molar-refractivity contribution in [3.8, 4) is 11.5 Å². The Hall–Kier alpha value is -0.780. The molecule has 0 saturated carbocycles. The van der Waals surface area contributed by atoms with E-state index in [2.05, 4.69) is 21.2 Å². The van der Waals surface area contributed by atoms with Crippen molar-refractivity contribution in [2.75, 3.05) is 20.8 Å². The Balaban J connectivity index is 2.82. The number of halogens is 1. The van der Waals surface area contributed by atoms with Crippen LogP contribution in [0.3, 0.4) is 0 Å². The minimum Gasteiger partial charge on any atom is -0.493 e. The summed E-state index contributed by atoms with van der Waals surface area (Å²) >= 11 is 3.51. The maximum atomic E-state index is 9.14. The molecule has 102 valence electrons. The van der Waals surface area contributed by atoms with E-state index in [1.54, 1.807) is 14.2 Å². The summed E-state index contributed by atoms with van der Waals surface area (Å²) < 4.78 is 11.5. The van der Waals surface area contributed by atoms with E-state index >= 15 is 0 Å². The summed E-state index contributed by atoms with van der Waals surface area (Å²) in [6.45, 7) is 2.85. The van der Waals surface area contributed by atoms with E-state index in [4.69, 9.17) is 14.6 Å². The summed E-state index contributed by atoms with van der Waals surface area (Å²) in [5, 5.41) is 12.4. The van der Waals surface area contributed by atoms with Gasteiger partial charge in [0.1, 0.15) is 0 Å². The fraction of sp³-hybridized carbons (Fsp3) is 0.538. The average molecular weight is 318 g/mol. The van der Waals surface area contributed by atoms with E-state index < -0.39 is 0 Å². The molecule has 0 amide bonds. The van der Waals surface area contributed by atoms with Crippen molar-refractivity contribution in [2.45, 2.75) is 25.9 Å². The zero-order valence-electron chi connectivity index (χ0n) is 11.0. The number of nitrogens with one attached hydrogen (secondary N) is 1. The van der Waals surface area contributed by atoms with Gasteiger partial charge in [0, 0.05) is 17.1 Å². The summed E-state index contributed by atoms with van der Waals surface area (Å²) in [7, 11) is 3.23. The molecule has 1 rings (SSSR count). The quantitative estimate of drug-likeness (QED) is 0.810. The predicted molar refractivity (Wildman–Crippen MR) is 75.3 cm³/mol. The lowest BCUT2D eigenvalue weighted by Crippen LogP contribution is -2.31. The number of benzene rings is 1. The van der Waals surface area contributed by atoms with Crippen LogP contribution in [0.4, 0.5) is 0 Å². The highest BCUT2D eigenvalue weighted by molar-refractivity contribution is 9.10. The Morgan fingerprint density at radius 3 is 2.39 bits per heavy atom. The van der Waals surface area contributed by atoms with Gasteiger partial charge < -0.3 is 19.9 Å². The van der Waals surface area contributed by atoms with E-state index in [0.29, 0.717) is 18.0 Å². The van der Waals surface area contributed by atoms with Crippen LogP contribution in [0, 0.1) is 0 Å². The van der Waals surface area contributed by atoms with Crippen molar-refractivity contribution in [2.24, 2.45) is 0 Å². The first-order valence-electron chi connectivity index (χ1n) is 5.90. The third-order valence-electron chi connectivity index (χ3n) is 2.85. The van der Waals surface area contributed by atoms with Crippen molar-refractivity contribution >= 4 is 15.9 Å². The Labute approximate surface area is 116 Å². The van der Waals surface area contributed by atoms with Gasteiger partial charge in [0.05, 0.1) is 20.8 Å². The number of hydrogen-bond acceptors (Lipinski definition) is 4. The van der Waals surface area contributed by atoms with Crippen LogP contribution in [0.15, 0.2) is 16.6 Å². The zero-order chi connectivity index (χ0) is 13.5. The zero-order valence-corrected chi connectivity index (χ0v) is 12.6. The number of methoxy groups -OCH3 is 2. The lowest BCUT2D eigenvalue weighted by atomic mass is 10.1. The van der Waals surface area contributed by atoms with Gasteiger partial charge in [-0.25, -0.2) is 0 Å². The molecule has 0 aromatic heterocycles. The third-order valence-corrected chi connectivity index (χ3v) is 3.59. The topological polar surface area (TPSA) is 50.7 Å². The van der Waals surface area contributed by atoms with E-state index in [0.717, 1.165) is 16.5 Å². The third kappa shape index (κ3) is 3.86. The van der Waals surface area contributed by atoms with Gasteiger partial charge in [-0.2, -0.15) is 0 Å². The molecule has 1 aromatic carbocycles. The molecule has 0 radical (unpaired) electrons. The number of rotatable bonds is 7. The van der Waals surface area contributed by atoms with Crippen molar-refractivity contribution in [1.29, 1.82) is 0 Å². The second-order valence-electron chi connectivity index (χ2n) is 3.97. The van der Waals surface area contributed by atoms with Gasteiger partial charge in [0.2, 0.25) is 0 Å². The molecule has 0 aliphatic heterocycles.